The van der Waals surface area contributed by atoms with Gasteiger partial charge in [0.1, 0.15) is 6.61 Å². The average Bonchev–Trinajstić information content (AvgIpc) is 2.53. The summed E-state index contributed by atoms with van der Waals surface area (Å²) < 4.78 is 7.69. The quantitative estimate of drug-likeness (QED) is 0.368. The number of carbonyl (C=O) groups excluding carboxylic acids is 1. The molecule has 0 spiro atoms. The summed E-state index contributed by atoms with van der Waals surface area (Å²) in [6, 6.07) is 0. The molecule has 4 N–H and O–H groups in total. The second-order valence-corrected chi connectivity index (χ2v) is 4.27. The molecule has 0 fully saturated rings. The predicted molar refractivity (Wildman–Crippen MR) is 57.0 cm³/mol. The lowest BCUT2D eigenvalue weighted by molar-refractivity contribution is -0.111. The Labute approximate surface area is 82.6 Å². The molecule has 0 aliphatic carbocycles. The van der Waals surface area contributed by atoms with Gasteiger partial charge in [0, 0.05) is 0 Å². The molecular formula is C6H11N5O2S. The molecule has 1 heterocycles. The Morgan fingerprint density at radius 3 is 2.57 bits per heavy atom. The number of nitrogens with two attached hydrogens (primary N) is 2. The molecule has 0 radical (unpaired) electrons. The minimum Gasteiger partial charge on any atom is -0.395 e. The minimum absolute atomic E-state index is 0.135. The predicted octanol–water partition coefficient (Wildman–Crippen LogP) is -0.515. The van der Waals surface area contributed by atoms with Crippen LogP contribution in [0.1, 0.15) is 6.92 Å². The minimum atomic E-state index is -2.43. The third-order valence-corrected chi connectivity index (χ3v) is 3.01. The van der Waals surface area contributed by atoms with Gasteiger partial charge in [0.2, 0.25) is 5.04 Å². The number of hydrogen-bond donors (Lipinski definition) is 2. The number of amides is 1. The van der Waals surface area contributed by atoms with Crippen LogP contribution in [0.4, 0.5) is 0 Å². The Morgan fingerprint density at radius 1 is 1.57 bits per heavy atom. The molecule has 1 aliphatic rings. The smallest absolute Gasteiger partial charge is 0.280 e. The van der Waals surface area contributed by atoms with Crippen LogP contribution in [0.25, 0.3) is 0 Å². The second-order valence-electron chi connectivity index (χ2n) is 2.28. The molecule has 1 amide bonds. The molecule has 0 saturated carbocycles. The van der Waals surface area contributed by atoms with E-state index in [4.69, 9.17) is 15.7 Å². The van der Waals surface area contributed by atoms with Crippen LogP contribution in [0, 0.1) is 0 Å². The summed E-state index contributed by atoms with van der Waals surface area (Å²) in [5.74, 6) is -0.771. The highest BCUT2D eigenvalue weighted by atomic mass is 32.3. The van der Waals surface area contributed by atoms with Crippen LogP contribution < -0.4 is 10.9 Å². The number of carbonyl (C=O) groups is 1. The number of hydrogen-bond acceptors (Lipinski definition) is 6. The molecule has 0 aromatic heterocycles. The third-order valence-electron chi connectivity index (χ3n) is 1.28. The van der Waals surface area contributed by atoms with E-state index in [1.54, 1.807) is 6.92 Å². The van der Waals surface area contributed by atoms with Crippen molar-refractivity contribution in [3.63, 3.8) is 0 Å². The van der Waals surface area contributed by atoms with Gasteiger partial charge in [-0.15, -0.1) is 0 Å². The van der Waals surface area contributed by atoms with Gasteiger partial charge in [-0.05, 0) is 6.92 Å². The summed E-state index contributed by atoms with van der Waals surface area (Å²) >= 11 is 0. The highest BCUT2D eigenvalue weighted by Gasteiger charge is 2.31. The van der Waals surface area contributed by atoms with Crippen molar-refractivity contribution in [1.29, 1.82) is 0 Å². The van der Waals surface area contributed by atoms with Gasteiger partial charge >= 0.3 is 0 Å². The lowest BCUT2D eigenvalue weighted by Gasteiger charge is -2.21. The first-order chi connectivity index (χ1) is 6.60. The van der Waals surface area contributed by atoms with E-state index in [0.29, 0.717) is 6.61 Å². The van der Waals surface area contributed by atoms with E-state index < -0.39 is 16.5 Å². The van der Waals surface area contributed by atoms with Crippen LogP contribution >= 0.6 is 10.6 Å². The second kappa shape index (κ2) is 4.20. The van der Waals surface area contributed by atoms with Gasteiger partial charge < -0.3 is 10.6 Å². The maximum absolute atomic E-state index is 11.0. The zero-order valence-electron chi connectivity index (χ0n) is 7.58. The first kappa shape index (κ1) is 10.7. The fourth-order valence-corrected chi connectivity index (χ4v) is 1.93. The van der Waals surface area contributed by atoms with Gasteiger partial charge in [-0.3, -0.25) is 9.93 Å². The standard InChI is InChI=1S/C6H11N5O2S/c1-2-13-11-6(5(7)12)14(8)9-3-4-10-14/h3-4H,2,8H2,1H3,(H2,7,12). The molecule has 8 heteroatoms. The van der Waals surface area contributed by atoms with E-state index in [1.165, 1.54) is 12.4 Å². The van der Waals surface area contributed by atoms with E-state index in [1.807, 2.05) is 0 Å². The van der Waals surface area contributed by atoms with Gasteiger partial charge in [0.15, 0.2) is 0 Å². The van der Waals surface area contributed by atoms with Crippen molar-refractivity contribution in [2.45, 2.75) is 6.92 Å². The Balaban J connectivity index is 2.94. The van der Waals surface area contributed by atoms with Crippen molar-refractivity contribution in [1.82, 2.24) is 0 Å². The zero-order valence-corrected chi connectivity index (χ0v) is 8.40. The Kier molecular flexibility index (Phi) is 3.20. The van der Waals surface area contributed by atoms with Crippen LogP contribution in [0.5, 0.6) is 0 Å². The maximum atomic E-state index is 11.0. The molecule has 14 heavy (non-hydrogen) atoms. The topological polar surface area (TPSA) is 115 Å². The molecule has 0 aromatic rings. The first-order valence-electron chi connectivity index (χ1n) is 3.80. The highest BCUT2D eigenvalue weighted by Crippen LogP contribution is 2.45. The van der Waals surface area contributed by atoms with Crippen molar-refractivity contribution in [2.75, 3.05) is 6.61 Å². The molecule has 0 unspecified atom stereocenters. The van der Waals surface area contributed by atoms with Crippen LogP contribution in [0.3, 0.4) is 0 Å². The SMILES string of the molecule is CCON=C(C(N)=O)S1(N)N=CC=N1. The maximum Gasteiger partial charge on any atom is 0.280 e. The van der Waals surface area contributed by atoms with Crippen molar-refractivity contribution < 1.29 is 9.63 Å². The fourth-order valence-electron chi connectivity index (χ4n) is 0.738. The Morgan fingerprint density at radius 2 is 2.14 bits per heavy atom. The van der Waals surface area contributed by atoms with Crippen molar-refractivity contribution >= 4 is 34.0 Å². The molecule has 0 saturated heterocycles. The van der Waals surface area contributed by atoms with E-state index in [2.05, 4.69) is 14.0 Å². The van der Waals surface area contributed by atoms with Gasteiger partial charge in [0.25, 0.3) is 5.91 Å². The molecule has 0 bridgehead atoms. The summed E-state index contributed by atoms with van der Waals surface area (Å²) in [6.07, 6.45) is 2.81. The van der Waals surface area contributed by atoms with E-state index in [0.717, 1.165) is 0 Å². The highest BCUT2D eigenvalue weighted by molar-refractivity contribution is 8.43. The molecular weight excluding hydrogens is 206 g/mol. The van der Waals surface area contributed by atoms with Crippen molar-refractivity contribution in [2.24, 2.45) is 24.8 Å². The monoisotopic (exact) mass is 217 g/mol. The van der Waals surface area contributed by atoms with Crippen LogP contribution in [0.2, 0.25) is 0 Å². The summed E-state index contributed by atoms with van der Waals surface area (Å²) in [7, 11) is -2.43. The van der Waals surface area contributed by atoms with Gasteiger partial charge in [0.05, 0.1) is 23.0 Å². The van der Waals surface area contributed by atoms with Crippen molar-refractivity contribution in [3.8, 4) is 0 Å². The summed E-state index contributed by atoms with van der Waals surface area (Å²) in [5, 5.41) is 9.11. The summed E-state index contributed by atoms with van der Waals surface area (Å²) in [6.45, 7) is 2.04. The largest absolute Gasteiger partial charge is 0.395 e. The summed E-state index contributed by atoms with van der Waals surface area (Å²) in [5.41, 5.74) is 5.09. The molecule has 1 aliphatic heterocycles. The molecule has 1 rings (SSSR count). The Bertz CT molecular complexity index is 312. The molecule has 0 atom stereocenters. The van der Waals surface area contributed by atoms with E-state index in [-0.39, 0.29) is 5.04 Å². The van der Waals surface area contributed by atoms with Crippen LogP contribution in [-0.2, 0) is 9.63 Å². The number of oxime groups is 1. The van der Waals surface area contributed by atoms with Crippen molar-refractivity contribution in [3.05, 3.63) is 0 Å². The summed E-state index contributed by atoms with van der Waals surface area (Å²) in [4.78, 5) is 15.7. The Hall–Kier alpha value is -1.41. The fraction of sp³-hybridized carbons (Fsp3) is 0.333. The third kappa shape index (κ3) is 2.09. The average molecular weight is 217 g/mol. The lowest BCUT2D eigenvalue weighted by Crippen LogP contribution is -2.30. The number of nitrogens with zero attached hydrogens (tertiary/aromatic N) is 3. The molecule has 78 valence electrons. The lowest BCUT2D eigenvalue weighted by atomic mass is 10.7. The van der Waals surface area contributed by atoms with Crippen LogP contribution in [0.15, 0.2) is 14.0 Å². The van der Waals surface area contributed by atoms with Crippen LogP contribution in [-0.4, -0.2) is 30.0 Å². The van der Waals surface area contributed by atoms with E-state index in [9.17, 15) is 4.79 Å². The normalized spacial score (nSPS) is 20.9. The molecule has 0 aromatic carbocycles. The number of rotatable bonds is 2. The van der Waals surface area contributed by atoms with Gasteiger partial charge in [-0.2, -0.15) is 0 Å². The zero-order chi connectivity index (χ0) is 10.6. The van der Waals surface area contributed by atoms with Gasteiger partial charge in [-0.25, -0.2) is 8.80 Å². The van der Waals surface area contributed by atoms with E-state index >= 15 is 0 Å². The van der Waals surface area contributed by atoms with Gasteiger partial charge in [-0.1, -0.05) is 5.16 Å². The number of primary amides is 1. The molecule has 7 nitrogen and oxygen atoms in total. The first-order valence-corrected chi connectivity index (χ1v) is 5.41.